The summed E-state index contributed by atoms with van der Waals surface area (Å²) in [4.78, 5) is 195. The van der Waals surface area contributed by atoms with Crippen LogP contribution in [0.3, 0.4) is 0 Å². The summed E-state index contributed by atoms with van der Waals surface area (Å²) < 4.78 is 0. The molecule has 36 nitrogen and oxygen atoms in total. The lowest BCUT2D eigenvalue weighted by Gasteiger charge is -2.31. The lowest BCUT2D eigenvalue weighted by Crippen LogP contribution is -2.60. The van der Waals surface area contributed by atoms with Crippen LogP contribution in [-0.2, 0) is 96.1 Å². The fourth-order valence-electron chi connectivity index (χ4n) is 14.2. The monoisotopic (exact) mass is 1560 g/mol. The number of aromatic nitrogens is 6. The molecule has 0 radical (unpaired) electrons. The van der Waals surface area contributed by atoms with E-state index in [-0.39, 0.29) is 115 Å². The predicted octanol–water partition coefficient (Wildman–Crippen LogP) is -1.14. The third kappa shape index (κ3) is 23.6. The van der Waals surface area contributed by atoms with Crippen molar-refractivity contribution in [2.45, 2.75) is 157 Å². The molecule has 0 saturated carbocycles. The number of primary amides is 1. The lowest BCUT2D eigenvalue weighted by atomic mass is 10.0. The summed E-state index contributed by atoms with van der Waals surface area (Å²) in [6.45, 7) is 1.01. The summed E-state index contributed by atoms with van der Waals surface area (Å²) in [6.07, 6.45) is 9.96. The lowest BCUT2D eigenvalue weighted by molar-refractivity contribution is -0.143. The van der Waals surface area contributed by atoms with Crippen LogP contribution in [0.2, 0.25) is 0 Å². The van der Waals surface area contributed by atoms with Gasteiger partial charge in [-0.15, -0.1) is 0 Å². The number of carbonyl (C=O) groups excluding carboxylic acids is 12. The highest BCUT2D eigenvalue weighted by molar-refractivity contribution is 6.00. The second kappa shape index (κ2) is 40.5. The maximum Gasteiger partial charge on any atom is 0.246 e. The first-order valence-electron chi connectivity index (χ1n) is 37.8. The number of imidazole rings is 2. The molecule has 10 rings (SSSR count). The van der Waals surface area contributed by atoms with Gasteiger partial charge in [-0.25, -0.2) is 9.97 Å². The Hall–Kier alpha value is -13.4. The molecule has 10 atom stereocenters. The zero-order valence-corrected chi connectivity index (χ0v) is 63.0. The number of fused-ring (bicyclic) bond motifs is 2. The molecular formula is C78H98N24O12. The molecule has 2 aliphatic heterocycles. The maximum atomic E-state index is 15.3. The number of nitrogens with zero attached hydrogens (tertiary/aromatic N) is 4. The molecule has 0 aliphatic carbocycles. The number of hydrogen-bond acceptors (Lipinski definition) is 16. The van der Waals surface area contributed by atoms with Crippen LogP contribution in [0, 0.1) is 10.8 Å². The van der Waals surface area contributed by atoms with Crippen molar-refractivity contribution in [1.82, 2.24) is 98.2 Å². The Morgan fingerprint density at radius 2 is 0.851 bits per heavy atom. The number of carbonyl (C=O) groups is 12. The van der Waals surface area contributed by atoms with Gasteiger partial charge in [0.1, 0.15) is 60.4 Å². The van der Waals surface area contributed by atoms with Gasteiger partial charge in [0.05, 0.1) is 19.2 Å². The van der Waals surface area contributed by atoms with E-state index < -0.39 is 138 Å². The maximum absolute atomic E-state index is 15.3. The number of likely N-dealkylation sites (tertiary alicyclic amines) is 2. The van der Waals surface area contributed by atoms with E-state index in [2.05, 4.69) is 88.4 Å². The third-order valence-electron chi connectivity index (χ3n) is 20.0. The van der Waals surface area contributed by atoms with Crippen molar-refractivity contribution in [2.75, 3.05) is 32.7 Å². The topological polar surface area (TPSA) is 558 Å². The highest BCUT2D eigenvalue weighted by Gasteiger charge is 2.42. The van der Waals surface area contributed by atoms with E-state index in [1.54, 1.807) is 73.1 Å². The molecule has 114 heavy (non-hydrogen) atoms. The second-order valence-corrected chi connectivity index (χ2v) is 28.3. The molecule has 4 aromatic heterocycles. The number of amides is 12. The number of para-hydroxylation sites is 2. The Balaban J connectivity index is 0.823. The van der Waals surface area contributed by atoms with Crippen molar-refractivity contribution in [3.8, 4) is 0 Å². The number of rotatable bonds is 40. The normalized spacial score (nSPS) is 15.9. The van der Waals surface area contributed by atoms with Crippen molar-refractivity contribution in [1.29, 1.82) is 10.8 Å². The van der Waals surface area contributed by atoms with E-state index in [9.17, 15) is 47.9 Å². The van der Waals surface area contributed by atoms with Gasteiger partial charge in [0.25, 0.3) is 0 Å². The van der Waals surface area contributed by atoms with Crippen LogP contribution in [0.25, 0.3) is 21.8 Å². The van der Waals surface area contributed by atoms with Gasteiger partial charge in [-0.3, -0.25) is 68.4 Å². The molecule has 23 N–H and O–H groups in total. The quantitative estimate of drug-likeness (QED) is 0.0123. The van der Waals surface area contributed by atoms with Crippen molar-refractivity contribution >= 4 is 105 Å². The van der Waals surface area contributed by atoms with Gasteiger partial charge in [-0.05, 0) is 85.8 Å². The van der Waals surface area contributed by atoms with Gasteiger partial charge >= 0.3 is 0 Å². The van der Waals surface area contributed by atoms with Gasteiger partial charge in [0, 0.05) is 130 Å². The first kappa shape index (κ1) is 83.0. The van der Waals surface area contributed by atoms with Gasteiger partial charge in [-0.1, -0.05) is 97.1 Å². The van der Waals surface area contributed by atoms with Crippen LogP contribution in [0.5, 0.6) is 0 Å². The number of hydrogen-bond donors (Lipinski definition) is 20. The Labute approximate surface area is 655 Å². The van der Waals surface area contributed by atoms with Gasteiger partial charge in [0.2, 0.25) is 70.9 Å². The van der Waals surface area contributed by atoms with Crippen molar-refractivity contribution in [2.24, 2.45) is 17.2 Å². The van der Waals surface area contributed by atoms with E-state index >= 15 is 9.59 Å². The zero-order valence-electron chi connectivity index (χ0n) is 63.0. The Bertz CT molecular complexity index is 4690. The summed E-state index contributed by atoms with van der Waals surface area (Å²) in [5, 5.41) is 47.2. The number of benzene rings is 4. The van der Waals surface area contributed by atoms with E-state index in [1.807, 2.05) is 48.5 Å². The summed E-state index contributed by atoms with van der Waals surface area (Å²) in [5.41, 5.74) is 22.1. The molecule has 2 aliphatic rings. The minimum Gasteiger partial charge on any atom is -0.370 e. The van der Waals surface area contributed by atoms with Crippen molar-refractivity contribution in [3.05, 3.63) is 180 Å². The van der Waals surface area contributed by atoms with Gasteiger partial charge in [-0.2, -0.15) is 0 Å². The average molecular weight is 1560 g/mol. The van der Waals surface area contributed by atoms with E-state index in [0.29, 0.717) is 46.5 Å². The van der Waals surface area contributed by atoms with E-state index in [1.165, 1.54) is 41.8 Å². The number of H-pyrrole nitrogens is 4. The van der Waals surface area contributed by atoms with Crippen LogP contribution in [0.4, 0.5) is 0 Å². The number of aromatic amines is 4. The third-order valence-corrected chi connectivity index (χ3v) is 20.0. The molecular weight excluding hydrogens is 1470 g/mol. The molecule has 0 bridgehead atoms. The molecule has 12 amide bonds. The molecule has 2 fully saturated rings. The minimum absolute atomic E-state index is 0.00605. The minimum atomic E-state index is -1.42. The van der Waals surface area contributed by atoms with Crippen LogP contribution in [-0.4, -0.2) is 216 Å². The standard InChI is InChI=1S/C78H98N24O12/c1-45(103)93-61(36-50-40-84-43-91-50)72(110)97-59(32-46-16-4-2-5-17-46)70(108)95-57(25-13-29-87-78(82)83)69(107)100-63(35-49-39-89-55-23-11-9-21-53(49)55)76(114)102-31-15-26-64(102)74(112)90-42-66(104)101-30-14-27-65(101)75(113)99-62(37-51-41-85-44-92-51)73(111)98-60(33-47-18-6-3-7-19-47)71(109)94-56(24-12-28-86-77(80)81)68(106)96-58(67(79)105)34-48-38-88-54-22-10-8-20-52(48)54/h2-11,16-23,38-41,43-44,56-65,88-89H,12-15,24-37,42H2,1H3,(H2,79,105)(H,84,91)(H,85,92)(H,90,112)(H,93,103)(H,94,109)(H,95,108)(H,96,106)(H,97,110)(H,98,111)(H,99,113)(H,100,107)(H4,80,81,86)(H4,82,83,87)/t56-,57-,58-,59+,60+,61-,62-,63-,64-,65-/m0/s1. The molecule has 8 aromatic rings. The SMILES string of the molecule is CC(=O)N[C@@H](Cc1cnc[nH]1)C(=O)N[C@H](Cc1ccccc1)C(=O)N[C@@H](CCCNC(=N)N)C(=O)N[C@@H](Cc1c[nH]c2ccccc12)C(=O)N1CCC[C@H]1C(=O)NCC(=O)N1CCC[C@H]1C(=O)N[C@@H](Cc1cnc[nH]1)C(=O)N[C@H](Cc1ccccc1)C(=O)N[C@@H](CCCNC(=N)N)C(=O)N[C@@H](Cc1c[nH]c2ccccc12)C(N)=O. The fourth-order valence-corrected chi connectivity index (χ4v) is 14.2. The summed E-state index contributed by atoms with van der Waals surface area (Å²) in [5.74, 6) is -9.48. The Morgan fingerprint density at radius 3 is 1.31 bits per heavy atom. The molecule has 2 saturated heterocycles. The molecule has 0 spiro atoms. The number of nitrogens with two attached hydrogens (primary N) is 3. The van der Waals surface area contributed by atoms with Crippen LogP contribution in [0.15, 0.2) is 147 Å². The Kier molecular flexibility index (Phi) is 29.5. The van der Waals surface area contributed by atoms with Crippen LogP contribution in [0.1, 0.15) is 91.9 Å². The largest absolute Gasteiger partial charge is 0.370 e. The van der Waals surface area contributed by atoms with Crippen molar-refractivity contribution in [3.63, 3.8) is 0 Å². The van der Waals surface area contributed by atoms with Crippen LogP contribution < -0.4 is 75.7 Å². The molecule has 602 valence electrons. The Morgan fingerprint density at radius 1 is 0.447 bits per heavy atom. The number of guanidine groups is 2. The molecule has 6 heterocycles. The predicted molar refractivity (Wildman–Crippen MR) is 420 cm³/mol. The zero-order chi connectivity index (χ0) is 81.2. The van der Waals surface area contributed by atoms with E-state index in [4.69, 9.17) is 28.0 Å². The summed E-state index contributed by atoms with van der Waals surface area (Å²) >= 11 is 0. The van der Waals surface area contributed by atoms with Crippen molar-refractivity contribution < 1.29 is 57.5 Å². The average Bonchev–Trinajstić information content (AvgIpc) is 1.64. The highest BCUT2D eigenvalue weighted by atomic mass is 16.2. The fraction of sp³-hybridized carbons (Fsp3) is 0.385. The summed E-state index contributed by atoms with van der Waals surface area (Å²) in [6, 6.07) is 19.3. The highest BCUT2D eigenvalue weighted by Crippen LogP contribution is 2.26. The number of nitrogens with one attached hydrogen (secondary N) is 17. The smallest absolute Gasteiger partial charge is 0.246 e. The molecule has 36 heteroatoms. The second-order valence-electron chi connectivity index (χ2n) is 28.3. The van der Waals surface area contributed by atoms with Crippen LogP contribution >= 0.6 is 0 Å². The first-order valence-corrected chi connectivity index (χ1v) is 37.8. The summed E-state index contributed by atoms with van der Waals surface area (Å²) in [7, 11) is 0. The van der Waals surface area contributed by atoms with E-state index in [0.717, 1.165) is 21.8 Å². The molecule has 4 aromatic carbocycles. The van der Waals surface area contributed by atoms with Gasteiger partial charge in [0.15, 0.2) is 11.9 Å². The first-order chi connectivity index (χ1) is 54.9. The molecule has 0 unspecified atom stereocenters. The van der Waals surface area contributed by atoms with Gasteiger partial charge < -0.3 is 105 Å².